The first-order valence-corrected chi connectivity index (χ1v) is 10.2. The summed E-state index contributed by atoms with van der Waals surface area (Å²) in [6.45, 7) is 3.39. The summed E-state index contributed by atoms with van der Waals surface area (Å²) < 4.78 is 10.5. The van der Waals surface area contributed by atoms with E-state index in [0.717, 1.165) is 31.9 Å². The van der Waals surface area contributed by atoms with Crippen LogP contribution >= 0.6 is 34.8 Å². The largest absolute Gasteiger partial charge is 0.495 e. The van der Waals surface area contributed by atoms with Crippen LogP contribution in [0.25, 0.3) is 0 Å². The number of hydrogen-bond acceptors (Lipinski definition) is 5. The molecule has 1 fully saturated rings. The van der Waals surface area contributed by atoms with Crippen molar-refractivity contribution in [3.63, 3.8) is 0 Å². The predicted octanol–water partition coefficient (Wildman–Crippen LogP) is 4.42. The van der Waals surface area contributed by atoms with Crippen molar-refractivity contribution < 1.29 is 14.3 Å². The van der Waals surface area contributed by atoms with Crippen LogP contribution in [0.3, 0.4) is 0 Å². The fraction of sp³-hybridized carbons (Fsp3) is 0.350. The zero-order valence-corrected chi connectivity index (χ0v) is 18.4. The number of halogens is 3. The zero-order valence-electron chi connectivity index (χ0n) is 16.2. The normalized spacial score (nSPS) is 14.6. The molecule has 9 heteroatoms. The Morgan fingerprint density at radius 3 is 2.24 bits per heavy atom. The topological polar surface area (TPSA) is 54.0 Å². The van der Waals surface area contributed by atoms with Gasteiger partial charge in [0, 0.05) is 44.0 Å². The Kier molecular flexibility index (Phi) is 7.35. The quantitative estimate of drug-likeness (QED) is 0.694. The number of carbonyl (C=O) groups excluding carboxylic acids is 1. The van der Waals surface area contributed by atoms with Gasteiger partial charge in [-0.2, -0.15) is 0 Å². The standard InChI is InChI=1S/C20H22Cl3N3O3/c1-28-18-11-17(19(29-2)10-16(18)23)24-20(27)12-25-5-7-26(8-6-25)13-3-4-14(21)15(22)9-13/h3-4,9-11H,5-8,12H2,1-2H3,(H,24,27). The number of benzene rings is 2. The summed E-state index contributed by atoms with van der Waals surface area (Å²) in [6.07, 6.45) is 0. The van der Waals surface area contributed by atoms with Crippen molar-refractivity contribution in [2.75, 3.05) is 57.2 Å². The van der Waals surface area contributed by atoms with E-state index in [1.54, 1.807) is 18.2 Å². The van der Waals surface area contributed by atoms with Gasteiger partial charge in [-0.3, -0.25) is 9.69 Å². The predicted molar refractivity (Wildman–Crippen MR) is 118 cm³/mol. The van der Waals surface area contributed by atoms with Crippen LogP contribution < -0.4 is 19.7 Å². The van der Waals surface area contributed by atoms with Crippen molar-refractivity contribution >= 4 is 52.1 Å². The molecule has 0 atom stereocenters. The third kappa shape index (κ3) is 5.39. The van der Waals surface area contributed by atoms with E-state index in [9.17, 15) is 4.79 Å². The Hall–Kier alpha value is -1.86. The summed E-state index contributed by atoms with van der Waals surface area (Å²) in [4.78, 5) is 16.9. The molecule has 0 spiro atoms. The van der Waals surface area contributed by atoms with E-state index in [-0.39, 0.29) is 12.5 Å². The summed E-state index contributed by atoms with van der Waals surface area (Å²) >= 11 is 18.2. The van der Waals surface area contributed by atoms with Gasteiger partial charge in [-0.15, -0.1) is 0 Å². The summed E-state index contributed by atoms with van der Waals surface area (Å²) in [5.74, 6) is 0.822. The number of ether oxygens (including phenoxy) is 2. The molecule has 0 radical (unpaired) electrons. The Labute approximate surface area is 185 Å². The number of piperazine rings is 1. The average molecular weight is 459 g/mol. The van der Waals surface area contributed by atoms with Crippen molar-refractivity contribution in [1.82, 2.24) is 4.90 Å². The van der Waals surface area contributed by atoms with Crippen molar-refractivity contribution in [2.45, 2.75) is 0 Å². The van der Waals surface area contributed by atoms with Gasteiger partial charge in [-0.05, 0) is 18.2 Å². The SMILES string of the molecule is COc1cc(NC(=O)CN2CCN(c3ccc(Cl)c(Cl)c3)CC2)c(OC)cc1Cl. The van der Waals surface area contributed by atoms with Crippen LogP contribution in [0.2, 0.25) is 15.1 Å². The molecule has 0 bridgehead atoms. The van der Waals surface area contributed by atoms with Crippen LogP contribution in [0.5, 0.6) is 11.5 Å². The maximum atomic E-state index is 12.5. The smallest absolute Gasteiger partial charge is 0.238 e. The van der Waals surface area contributed by atoms with Gasteiger partial charge in [-0.25, -0.2) is 0 Å². The van der Waals surface area contributed by atoms with Gasteiger partial charge in [-0.1, -0.05) is 34.8 Å². The monoisotopic (exact) mass is 457 g/mol. The van der Waals surface area contributed by atoms with E-state index in [1.165, 1.54) is 14.2 Å². The molecule has 1 aliphatic rings. The second-order valence-corrected chi connectivity index (χ2v) is 7.82. The van der Waals surface area contributed by atoms with Crippen molar-refractivity contribution in [3.05, 3.63) is 45.4 Å². The second-order valence-electron chi connectivity index (χ2n) is 6.60. The van der Waals surface area contributed by atoms with Gasteiger partial charge in [0.25, 0.3) is 0 Å². The third-order valence-electron chi connectivity index (χ3n) is 4.76. The van der Waals surface area contributed by atoms with Gasteiger partial charge < -0.3 is 19.7 Å². The Balaban J connectivity index is 1.57. The number of carbonyl (C=O) groups is 1. The van der Waals surface area contributed by atoms with Gasteiger partial charge in [0.15, 0.2) is 0 Å². The lowest BCUT2D eigenvalue weighted by Gasteiger charge is -2.35. The van der Waals surface area contributed by atoms with Gasteiger partial charge in [0.05, 0.1) is 41.5 Å². The first-order chi connectivity index (χ1) is 13.9. The molecule has 0 aromatic heterocycles. The van der Waals surface area contributed by atoms with Crippen LogP contribution in [0, 0.1) is 0 Å². The molecule has 0 unspecified atom stereocenters. The first kappa shape index (κ1) is 21.8. The number of amides is 1. The van der Waals surface area contributed by atoms with E-state index in [2.05, 4.69) is 15.1 Å². The molecule has 2 aromatic rings. The lowest BCUT2D eigenvalue weighted by molar-refractivity contribution is -0.117. The highest BCUT2D eigenvalue weighted by atomic mass is 35.5. The maximum absolute atomic E-state index is 12.5. The summed E-state index contributed by atoms with van der Waals surface area (Å²) in [7, 11) is 3.04. The van der Waals surface area contributed by atoms with Crippen LogP contribution in [-0.4, -0.2) is 57.8 Å². The minimum atomic E-state index is -0.129. The first-order valence-electron chi connectivity index (χ1n) is 9.05. The molecule has 29 heavy (non-hydrogen) atoms. The highest BCUT2D eigenvalue weighted by molar-refractivity contribution is 6.42. The molecule has 1 amide bonds. The molecule has 0 saturated carbocycles. The summed E-state index contributed by atoms with van der Waals surface area (Å²) in [6, 6.07) is 8.89. The zero-order chi connectivity index (χ0) is 21.0. The number of anilines is 2. The lowest BCUT2D eigenvalue weighted by atomic mass is 10.2. The number of nitrogens with one attached hydrogen (secondary N) is 1. The third-order valence-corrected chi connectivity index (χ3v) is 5.79. The lowest BCUT2D eigenvalue weighted by Crippen LogP contribution is -2.48. The number of methoxy groups -OCH3 is 2. The van der Waals surface area contributed by atoms with Gasteiger partial charge >= 0.3 is 0 Å². The molecule has 3 rings (SSSR count). The minimum Gasteiger partial charge on any atom is -0.495 e. The summed E-state index contributed by atoms with van der Waals surface area (Å²) in [5.41, 5.74) is 1.55. The molecule has 0 aliphatic carbocycles. The minimum absolute atomic E-state index is 0.129. The van der Waals surface area contributed by atoms with E-state index >= 15 is 0 Å². The highest BCUT2D eigenvalue weighted by Crippen LogP contribution is 2.35. The summed E-state index contributed by atoms with van der Waals surface area (Å²) in [5, 5.41) is 4.38. The van der Waals surface area contributed by atoms with Crippen molar-refractivity contribution in [2.24, 2.45) is 0 Å². The Morgan fingerprint density at radius 2 is 1.62 bits per heavy atom. The van der Waals surface area contributed by atoms with Crippen LogP contribution in [0.4, 0.5) is 11.4 Å². The van der Waals surface area contributed by atoms with E-state index in [4.69, 9.17) is 44.3 Å². The number of rotatable bonds is 6. The number of nitrogens with zero attached hydrogens (tertiary/aromatic N) is 2. The van der Waals surface area contributed by atoms with Crippen LogP contribution in [0.15, 0.2) is 30.3 Å². The Bertz CT molecular complexity index is 887. The van der Waals surface area contributed by atoms with Gasteiger partial charge in [0.2, 0.25) is 5.91 Å². The molecular weight excluding hydrogens is 437 g/mol. The fourth-order valence-electron chi connectivity index (χ4n) is 3.20. The maximum Gasteiger partial charge on any atom is 0.238 e. The molecule has 6 nitrogen and oxygen atoms in total. The van der Waals surface area contributed by atoms with Gasteiger partial charge in [0.1, 0.15) is 11.5 Å². The van der Waals surface area contributed by atoms with Crippen LogP contribution in [-0.2, 0) is 4.79 Å². The van der Waals surface area contributed by atoms with Crippen molar-refractivity contribution in [3.8, 4) is 11.5 Å². The molecule has 1 saturated heterocycles. The number of hydrogen-bond donors (Lipinski definition) is 1. The van der Waals surface area contributed by atoms with E-state index in [0.29, 0.717) is 32.3 Å². The molecule has 1 heterocycles. The fourth-order valence-corrected chi connectivity index (χ4v) is 3.72. The molecule has 1 aliphatic heterocycles. The molecule has 1 N–H and O–H groups in total. The Morgan fingerprint density at radius 1 is 0.931 bits per heavy atom. The van der Waals surface area contributed by atoms with E-state index in [1.807, 2.05) is 12.1 Å². The van der Waals surface area contributed by atoms with Crippen molar-refractivity contribution in [1.29, 1.82) is 0 Å². The molecular formula is C20H22Cl3N3O3. The molecule has 2 aromatic carbocycles. The highest BCUT2D eigenvalue weighted by Gasteiger charge is 2.21. The van der Waals surface area contributed by atoms with E-state index < -0.39 is 0 Å². The second kappa shape index (κ2) is 9.76. The van der Waals surface area contributed by atoms with Crippen LogP contribution in [0.1, 0.15) is 0 Å². The molecule has 156 valence electrons. The average Bonchev–Trinajstić information content (AvgIpc) is 2.71.